The summed E-state index contributed by atoms with van der Waals surface area (Å²) in [5, 5.41) is 3.33. The minimum absolute atomic E-state index is 0.0977. The van der Waals surface area contributed by atoms with E-state index in [2.05, 4.69) is 17.1 Å². The standard InChI is InChI=1S/C13H19FN2/c1-10-12(4-3-5-13(10)14)11(2)16-8-6-15-7-9-16/h3-5,11,15H,6-9H2,1-2H3/t11-/m1/s1. The number of nitrogens with zero attached hydrogens (tertiary/aromatic N) is 1. The van der Waals surface area contributed by atoms with E-state index in [0.29, 0.717) is 6.04 Å². The van der Waals surface area contributed by atoms with Crippen molar-refractivity contribution in [3.63, 3.8) is 0 Å². The van der Waals surface area contributed by atoms with Crippen molar-refractivity contribution in [3.8, 4) is 0 Å². The van der Waals surface area contributed by atoms with Crippen molar-refractivity contribution < 1.29 is 4.39 Å². The first-order chi connectivity index (χ1) is 7.70. The van der Waals surface area contributed by atoms with Crippen molar-refractivity contribution in [2.24, 2.45) is 0 Å². The fourth-order valence-electron chi connectivity index (χ4n) is 2.34. The summed E-state index contributed by atoms with van der Waals surface area (Å²) in [5.74, 6) is -0.0977. The normalized spacial score (nSPS) is 19.7. The van der Waals surface area contributed by atoms with Crippen molar-refractivity contribution in [2.75, 3.05) is 26.2 Å². The molecule has 0 amide bonds. The summed E-state index contributed by atoms with van der Waals surface area (Å²) in [6.45, 7) is 8.15. The van der Waals surface area contributed by atoms with Crippen LogP contribution in [0, 0.1) is 12.7 Å². The number of hydrogen-bond donors (Lipinski definition) is 1. The van der Waals surface area contributed by atoms with E-state index < -0.39 is 0 Å². The zero-order valence-electron chi connectivity index (χ0n) is 9.96. The lowest BCUT2D eigenvalue weighted by Crippen LogP contribution is -2.44. The fraction of sp³-hybridized carbons (Fsp3) is 0.538. The zero-order chi connectivity index (χ0) is 11.5. The van der Waals surface area contributed by atoms with E-state index in [-0.39, 0.29) is 5.82 Å². The Hall–Kier alpha value is -0.930. The van der Waals surface area contributed by atoms with E-state index in [4.69, 9.17) is 0 Å². The summed E-state index contributed by atoms with van der Waals surface area (Å²) in [5.41, 5.74) is 1.90. The lowest BCUT2D eigenvalue weighted by molar-refractivity contribution is 0.185. The number of halogens is 1. The second kappa shape index (κ2) is 4.93. The van der Waals surface area contributed by atoms with Crippen LogP contribution in [0.5, 0.6) is 0 Å². The van der Waals surface area contributed by atoms with Crippen molar-refractivity contribution >= 4 is 0 Å². The molecule has 1 saturated heterocycles. The van der Waals surface area contributed by atoms with Crippen LogP contribution < -0.4 is 5.32 Å². The highest BCUT2D eigenvalue weighted by Gasteiger charge is 2.19. The van der Waals surface area contributed by atoms with E-state index in [9.17, 15) is 4.39 Å². The average molecular weight is 222 g/mol. The molecule has 0 radical (unpaired) electrons. The van der Waals surface area contributed by atoms with Crippen molar-refractivity contribution in [1.82, 2.24) is 10.2 Å². The molecule has 1 aromatic carbocycles. The molecule has 1 aromatic rings. The molecule has 1 aliphatic heterocycles. The summed E-state index contributed by atoms with van der Waals surface area (Å²) < 4.78 is 13.5. The van der Waals surface area contributed by atoms with E-state index in [0.717, 1.165) is 37.3 Å². The Bertz CT molecular complexity index is 359. The van der Waals surface area contributed by atoms with Crippen LogP contribution in [-0.2, 0) is 0 Å². The van der Waals surface area contributed by atoms with Gasteiger partial charge in [-0.25, -0.2) is 4.39 Å². The molecule has 0 bridgehead atoms. The Labute approximate surface area is 96.5 Å². The smallest absolute Gasteiger partial charge is 0.126 e. The van der Waals surface area contributed by atoms with Crippen LogP contribution in [0.4, 0.5) is 4.39 Å². The topological polar surface area (TPSA) is 15.3 Å². The van der Waals surface area contributed by atoms with Gasteiger partial charge in [-0.15, -0.1) is 0 Å². The molecule has 1 heterocycles. The molecule has 0 saturated carbocycles. The molecule has 1 atom stereocenters. The van der Waals surface area contributed by atoms with Gasteiger partial charge < -0.3 is 5.32 Å². The number of piperazine rings is 1. The molecule has 16 heavy (non-hydrogen) atoms. The third-order valence-electron chi connectivity index (χ3n) is 3.46. The van der Waals surface area contributed by atoms with Crippen LogP contribution in [-0.4, -0.2) is 31.1 Å². The quantitative estimate of drug-likeness (QED) is 0.824. The Morgan fingerprint density at radius 1 is 1.31 bits per heavy atom. The first-order valence-corrected chi connectivity index (χ1v) is 5.90. The summed E-state index contributed by atoms with van der Waals surface area (Å²) in [4.78, 5) is 2.40. The minimum Gasteiger partial charge on any atom is -0.314 e. The molecule has 0 aliphatic carbocycles. The molecule has 0 spiro atoms. The maximum absolute atomic E-state index is 13.5. The van der Waals surface area contributed by atoms with Gasteiger partial charge in [-0.3, -0.25) is 4.90 Å². The Balaban J connectivity index is 2.19. The predicted molar refractivity (Wildman–Crippen MR) is 64.0 cm³/mol. The van der Waals surface area contributed by atoms with E-state index in [1.165, 1.54) is 6.07 Å². The lowest BCUT2D eigenvalue weighted by atomic mass is 10.0. The molecule has 3 heteroatoms. The minimum atomic E-state index is -0.0977. The van der Waals surface area contributed by atoms with Gasteiger partial charge in [0.2, 0.25) is 0 Å². The second-order valence-corrected chi connectivity index (χ2v) is 4.42. The van der Waals surface area contributed by atoms with Crippen LogP contribution >= 0.6 is 0 Å². The number of benzene rings is 1. The number of rotatable bonds is 2. The van der Waals surface area contributed by atoms with Crippen molar-refractivity contribution in [2.45, 2.75) is 19.9 Å². The van der Waals surface area contributed by atoms with Gasteiger partial charge in [0.1, 0.15) is 5.82 Å². The molecule has 1 N–H and O–H groups in total. The summed E-state index contributed by atoms with van der Waals surface area (Å²) in [7, 11) is 0. The first-order valence-electron chi connectivity index (χ1n) is 5.90. The van der Waals surface area contributed by atoms with Gasteiger partial charge in [0.15, 0.2) is 0 Å². The van der Waals surface area contributed by atoms with Gasteiger partial charge in [0, 0.05) is 32.2 Å². The SMILES string of the molecule is Cc1c(F)cccc1[C@@H](C)N1CCNCC1. The van der Waals surface area contributed by atoms with E-state index >= 15 is 0 Å². The maximum atomic E-state index is 13.5. The lowest BCUT2D eigenvalue weighted by Gasteiger charge is -2.33. The maximum Gasteiger partial charge on any atom is 0.126 e. The monoisotopic (exact) mass is 222 g/mol. The summed E-state index contributed by atoms with van der Waals surface area (Å²) in [6.07, 6.45) is 0. The molecular formula is C13H19FN2. The summed E-state index contributed by atoms with van der Waals surface area (Å²) >= 11 is 0. The van der Waals surface area contributed by atoms with Gasteiger partial charge >= 0.3 is 0 Å². The Morgan fingerprint density at radius 2 is 2.00 bits per heavy atom. The molecule has 0 aromatic heterocycles. The predicted octanol–water partition coefficient (Wildman–Crippen LogP) is 2.10. The van der Waals surface area contributed by atoms with Gasteiger partial charge in [-0.2, -0.15) is 0 Å². The average Bonchev–Trinajstić information content (AvgIpc) is 2.33. The largest absolute Gasteiger partial charge is 0.314 e. The van der Waals surface area contributed by atoms with Gasteiger partial charge in [-0.05, 0) is 31.0 Å². The van der Waals surface area contributed by atoms with Gasteiger partial charge in [0.05, 0.1) is 0 Å². The highest BCUT2D eigenvalue weighted by Crippen LogP contribution is 2.24. The molecule has 88 valence electrons. The molecule has 1 fully saturated rings. The van der Waals surface area contributed by atoms with Crippen LogP contribution in [0.15, 0.2) is 18.2 Å². The van der Waals surface area contributed by atoms with Crippen LogP contribution in [0.2, 0.25) is 0 Å². The first kappa shape index (κ1) is 11.6. The summed E-state index contributed by atoms with van der Waals surface area (Å²) in [6, 6.07) is 5.67. The third kappa shape index (κ3) is 2.25. The Morgan fingerprint density at radius 3 is 2.69 bits per heavy atom. The second-order valence-electron chi connectivity index (χ2n) is 4.42. The van der Waals surface area contributed by atoms with Gasteiger partial charge in [-0.1, -0.05) is 12.1 Å². The number of hydrogen-bond acceptors (Lipinski definition) is 2. The van der Waals surface area contributed by atoms with Crippen molar-refractivity contribution in [1.29, 1.82) is 0 Å². The highest BCUT2D eigenvalue weighted by molar-refractivity contribution is 5.29. The molecule has 2 rings (SSSR count). The van der Waals surface area contributed by atoms with E-state index in [1.54, 1.807) is 6.07 Å². The fourth-order valence-corrected chi connectivity index (χ4v) is 2.34. The zero-order valence-corrected chi connectivity index (χ0v) is 9.96. The van der Waals surface area contributed by atoms with E-state index in [1.807, 2.05) is 13.0 Å². The van der Waals surface area contributed by atoms with Gasteiger partial charge in [0.25, 0.3) is 0 Å². The van der Waals surface area contributed by atoms with Crippen LogP contribution in [0.25, 0.3) is 0 Å². The Kier molecular flexibility index (Phi) is 3.56. The highest BCUT2D eigenvalue weighted by atomic mass is 19.1. The molecule has 2 nitrogen and oxygen atoms in total. The number of nitrogens with one attached hydrogen (secondary N) is 1. The third-order valence-corrected chi connectivity index (χ3v) is 3.46. The molecule has 0 unspecified atom stereocenters. The van der Waals surface area contributed by atoms with Crippen LogP contribution in [0.3, 0.4) is 0 Å². The van der Waals surface area contributed by atoms with Crippen molar-refractivity contribution in [3.05, 3.63) is 35.1 Å². The van der Waals surface area contributed by atoms with Crippen LogP contribution in [0.1, 0.15) is 24.1 Å². The molecule has 1 aliphatic rings. The molecular weight excluding hydrogens is 203 g/mol.